The maximum atomic E-state index is 12.6. The Hall–Kier alpha value is -2.30. The average Bonchev–Trinajstić information content (AvgIpc) is 3.24. The molecule has 4 heterocycles. The lowest BCUT2D eigenvalue weighted by molar-refractivity contribution is -0.133. The lowest BCUT2D eigenvalue weighted by atomic mass is 9.90. The highest BCUT2D eigenvalue weighted by molar-refractivity contribution is 5.76. The number of likely N-dealkylation sites (tertiary alicyclic amines) is 1. The highest BCUT2D eigenvalue weighted by Crippen LogP contribution is 2.31. The SMILES string of the molecule is Cc1noc(CN2CC3(CCN(Cc4cn(CCO)nc4C)CC3)OCCC2=O)n1. The first-order valence-corrected chi connectivity index (χ1v) is 10.5. The van der Waals surface area contributed by atoms with Gasteiger partial charge in [0.25, 0.3) is 0 Å². The maximum absolute atomic E-state index is 12.6. The molecule has 30 heavy (non-hydrogen) atoms. The first kappa shape index (κ1) is 21.0. The van der Waals surface area contributed by atoms with Gasteiger partial charge in [0, 0.05) is 31.4 Å². The molecule has 0 aliphatic carbocycles. The Morgan fingerprint density at radius 2 is 2.03 bits per heavy atom. The molecule has 0 bridgehead atoms. The zero-order chi connectivity index (χ0) is 21.1. The Balaban J connectivity index is 1.37. The van der Waals surface area contributed by atoms with Crippen molar-refractivity contribution in [2.45, 2.75) is 58.3 Å². The minimum Gasteiger partial charge on any atom is -0.394 e. The van der Waals surface area contributed by atoms with E-state index in [9.17, 15) is 4.79 Å². The molecule has 4 rings (SSSR count). The summed E-state index contributed by atoms with van der Waals surface area (Å²) in [6, 6.07) is 0. The third kappa shape index (κ3) is 4.71. The van der Waals surface area contributed by atoms with E-state index in [-0.39, 0.29) is 18.1 Å². The van der Waals surface area contributed by atoms with Gasteiger partial charge in [-0.25, -0.2) is 0 Å². The van der Waals surface area contributed by atoms with Crippen LogP contribution < -0.4 is 0 Å². The molecule has 0 saturated carbocycles. The largest absolute Gasteiger partial charge is 0.394 e. The minimum atomic E-state index is -0.326. The number of aromatic nitrogens is 4. The number of nitrogens with zero attached hydrogens (tertiary/aromatic N) is 6. The van der Waals surface area contributed by atoms with Crippen LogP contribution in [0.2, 0.25) is 0 Å². The number of hydrogen-bond acceptors (Lipinski definition) is 8. The fourth-order valence-electron chi connectivity index (χ4n) is 4.30. The van der Waals surface area contributed by atoms with Crippen molar-refractivity contribution in [1.82, 2.24) is 29.7 Å². The summed E-state index contributed by atoms with van der Waals surface area (Å²) in [6.07, 6.45) is 4.12. The summed E-state index contributed by atoms with van der Waals surface area (Å²) >= 11 is 0. The molecular formula is C20H30N6O4. The van der Waals surface area contributed by atoms with Crippen LogP contribution in [0.4, 0.5) is 0 Å². The van der Waals surface area contributed by atoms with E-state index in [0.717, 1.165) is 38.2 Å². The zero-order valence-electron chi connectivity index (χ0n) is 17.7. The Morgan fingerprint density at radius 3 is 2.73 bits per heavy atom. The van der Waals surface area contributed by atoms with E-state index in [2.05, 4.69) is 20.1 Å². The van der Waals surface area contributed by atoms with E-state index in [4.69, 9.17) is 14.4 Å². The van der Waals surface area contributed by atoms with Crippen molar-refractivity contribution in [1.29, 1.82) is 0 Å². The van der Waals surface area contributed by atoms with Gasteiger partial charge in [-0.15, -0.1) is 0 Å². The molecule has 2 aromatic rings. The molecule has 0 aromatic carbocycles. The predicted molar refractivity (Wildman–Crippen MR) is 106 cm³/mol. The number of amides is 1. The van der Waals surface area contributed by atoms with E-state index < -0.39 is 0 Å². The standard InChI is InChI=1S/C20H30N6O4/c1-15-17(12-26(22-15)8-9-27)11-24-6-4-20(5-7-24)14-25(19(28)3-10-29-20)13-18-21-16(2)23-30-18/h12,27H,3-11,13-14H2,1-2H3. The molecule has 1 N–H and O–H groups in total. The molecule has 164 valence electrons. The molecule has 1 amide bonds. The van der Waals surface area contributed by atoms with Gasteiger partial charge in [0.1, 0.15) is 6.54 Å². The minimum absolute atomic E-state index is 0.0667. The van der Waals surface area contributed by atoms with E-state index in [1.165, 1.54) is 5.56 Å². The number of aryl methyl sites for hydroxylation is 2. The fraction of sp³-hybridized carbons (Fsp3) is 0.700. The normalized spacial score (nSPS) is 20.1. The van der Waals surface area contributed by atoms with Crippen LogP contribution in [0.25, 0.3) is 0 Å². The summed E-state index contributed by atoms with van der Waals surface area (Å²) in [4.78, 5) is 21.0. The number of piperidine rings is 1. The van der Waals surface area contributed by atoms with Crippen molar-refractivity contribution in [2.24, 2.45) is 0 Å². The molecule has 2 saturated heterocycles. The summed E-state index contributed by atoms with van der Waals surface area (Å²) in [6.45, 7) is 8.33. The lowest BCUT2D eigenvalue weighted by Crippen LogP contribution is -2.51. The molecule has 2 aliphatic heterocycles. The van der Waals surface area contributed by atoms with Gasteiger partial charge >= 0.3 is 0 Å². The van der Waals surface area contributed by atoms with Crippen LogP contribution in [-0.4, -0.2) is 79.2 Å². The van der Waals surface area contributed by atoms with Crippen LogP contribution >= 0.6 is 0 Å². The van der Waals surface area contributed by atoms with Crippen LogP contribution in [0.15, 0.2) is 10.7 Å². The number of aliphatic hydroxyl groups excluding tert-OH is 1. The van der Waals surface area contributed by atoms with Gasteiger partial charge in [0.05, 0.1) is 44.0 Å². The van der Waals surface area contributed by atoms with Crippen LogP contribution in [-0.2, 0) is 29.2 Å². The van der Waals surface area contributed by atoms with Crippen molar-refractivity contribution < 1.29 is 19.2 Å². The molecule has 1 spiro atoms. The molecule has 10 nitrogen and oxygen atoms in total. The van der Waals surface area contributed by atoms with Gasteiger partial charge in [-0.1, -0.05) is 5.16 Å². The number of aliphatic hydroxyl groups is 1. The number of rotatable bonds is 6. The fourth-order valence-corrected chi connectivity index (χ4v) is 4.30. The molecule has 2 fully saturated rings. The monoisotopic (exact) mass is 418 g/mol. The summed E-state index contributed by atoms with van der Waals surface area (Å²) < 4.78 is 13.3. The van der Waals surface area contributed by atoms with Crippen molar-refractivity contribution in [3.8, 4) is 0 Å². The van der Waals surface area contributed by atoms with Gasteiger partial charge in [-0.2, -0.15) is 10.1 Å². The second kappa shape index (κ2) is 8.83. The highest BCUT2D eigenvalue weighted by Gasteiger charge is 2.40. The Bertz CT molecular complexity index is 871. The number of carbonyl (C=O) groups is 1. The van der Waals surface area contributed by atoms with E-state index in [1.54, 1.807) is 16.5 Å². The molecule has 0 unspecified atom stereocenters. The van der Waals surface area contributed by atoms with Gasteiger partial charge < -0.3 is 19.3 Å². The predicted octanol–water partition coefficient (Wildman–Crippen LogP) is 0.659. The molecule has 0 atom stereocenters. The number of ether oxygens (including phenoxy) is 1. The second-order valence-electron chi connectivity index (χ2n) is 8.27. The van der Waals surface area contributed by atoms with Crippen molar-refractivity contribution >= 4 is 5.91 Å². The van der Waals surface area contributed by atoms with Crippen LogP contribution in [0.3, 0.4) is 0 Å². The van der Waals surface area contributed by atoms with Gasteiger partial charge in [-0.3, -0.25) is 14.4 Å². The summed E-state index contributed by atoms with van der Waals surface area (Å²) in [5, 5.41) is 17.4. The lowest BCUT2D eigenvalue weighted by Gasteiger charge is -2.42. The van der Waals surface area contributed by atoms with Crippen molar-refractivity contribution in [3.63, 3.8) is 0 Å². The van der Waals surface area contributed by atoms with Crippen LogP contribution in [0, 0.1) is 13.8 Å². The smallest absolute Gasteiger partial charge is 0.246 e. The van der Waals surface area contributed by atoms with E-state index >= 15 is 0 Å². The van der Waals surface area contributed by atoms with Crippen LogP contribution in [0.1, 0.15) is 42.2 Å². The Morgan fingerprint density at radius 1 is 1.23 bits per heavy atom. The van der Waals surface area contributed by atoms with E-state index in [0.29, 0.717) is 44.4 Å². The van der Waals surface area contributed by atoms with Crippen molar-refractivity contribution in [2.75, 3.05) is 32.8 Å². The zero-order valence-corrected chi connectivity index (χ0v) is 17.7. The van der Waals surface area contributed by atoms with Gasteiger partial charge in [-0.05, 0) is 26.7 Å². The number of hydrogen-bond donors (Lipinski definition) is 1. The molecule has 0 radical (unpaired) electrons. The summed E-state index contributed by atoms with van der Waals surface area (Å²) in [5.41, 5.74) is 1.86. The number of carbonyl (C=O) groups excluding carboxylic acids is 1. The molecular weight excluding hydrogens is 388 g/mol. The molecule has 2 aromatic heterocycles. The third-order valence-electron chi connectivity index (χ3n) is 5.99. The Kier molecular flexibility index (Phi) is 6.16. The van der Waals surface area contributed by atoms with Crippen LogP contribution in [0.5, 0.6) is 0 Å². The third-order valence-corrected chi connectivity index (χ3v) is 5.99. The molecule has 2 aliphatic rings. The van der Waals surface area contributed by atoms with E-state index in [1.807, 2.05) is 13.1 Å². The Labute approximate surface area is 175 Å². The van der Waals surface area contributed by atoms with Gasteiger partial charge in [0.2, 0.25) is 11.8 Å². The second-order valence-corrected chi connectivity index (χ2v) is 8.27. The summed E-state index contributed by atoms with van der Waals surface area (Å²) in [5.74, 6) is 1.10. The summed E-state index contributed by atoms with van der Waals surface area (Å²) in [7, 11) is 0. The average molecular weight is 418 g/mol. The van der Waals surface area contributed by atoms with Crippen molar-refractivity contribution in [3.05, 3.63) is 29.2 Å². The van der Waals surface area contributed by atoms with Gasteiger partial charge in [0.15, 0.2) is 5.82 Å². The maximum Gasteiger partial charge on any atom is 0.246 e. The first-order valence-electron chi connectivity index (χ1n) is 10.5. The highest BCUT2D eigenvalue weighted by atomic mass is 16.5. The topological polar surface area (TPSA) is 110 Å². The molecule has 10 heteroatoms. The first-order chi connectivity index (χ1) is 14.5. The quantitative estimate of drug-likeness (QED) is 0.729.